The highest BCUT2D eigenvalue weighted by molar-refractivity contribution is 5.49. The highest BCUT2D eigenvalue weighted by Gasteiger charge is 2.10. The van der Waals surface area contributed by atoms with E-state index in [4.69, 9.17) is 4.74 Å². The molecule has 0 aliphatic carbocycles. The lowest BCUT2D eigenvalue weighted by Crippen LogP contribution is -2.39. The van der Waals surface area contributed by atoms with Crippen molar-refractivity contribution in [3.8, 4) is 0 Å². The number of aromatic nitrogens is 3. The van der Waals surface area contributed by atoms with Crippen LogP contribution in [0, 0.1) is 6.92 Å². The molecule has 0 unspecified atom stereocenters. The monoisotopic (exact) mass is 261 g/mol. The summed E-state index contributed by atoms with van der Waals surface area (Å²) < 4.78 is 7.14. The van der Waals surface area contributed by atoms with Gasteiger partial charge in [-0.05, 0) is 18.6 Å². The number of anilines is 1. The van der Waals surface area contributed by atoms with Crippen LogP contribution in [0.25, 0.3) is 5.65 Å². The summed E-state index contributed by atoms with van der Waals surface area (Å²) in [7, 11) is 0. The molecule has 0 bridgehead atoms. The summed E-state index contributed by atoms with van der Waals surface area (Å²) >= 11 is 0. The molecule has 6 nitrogen and oxygen atoms in total. The molecule has 1 fully saturated rings. The minimum absolute atomic E-state index is 0.697. The first-order valence-electron chi connectivity index (χ1n) is 6.69. The maximum Gasteiger partial charge on any atom is 0.243 e. The molecule has 0 atom stereocenters. The number of fused-ring (bicyclic) bond motifs is 1. The predicted octanol–water partition coefficient (Wildman–Crippen LogP) is 0.782. The van der Waals surface area contributed by atoms with Crippen LogP contribution in [0.3, 0.4) is 0 Å². The van der Waals surface area contributed by atoms with E-state index < -0.39 is 0 Å². The standard InChI is InChI=1S/C13H19N5O/c1-11-3-2-5-18-12(11)15-13(16-18)14-4-6-17-7-9-19-10-8-17/h2-3,5H,4,6-10H2,1H3,(H,14,16). The van der Waals surface area contributed by atoms with Crippen LogP contribution in [0.2, 0.25) is 0 Å². The van der Waals surface area contributed by atoms with Crippen molar-refractivity contribution in [2.24, 2.45) is 0 Å². The first-order chi connectivity index (χ1) is 9.33. The van der Waals surface area contributed by atoms with Gasteiger partial charge in [-0.15, -0.1) is 5.10 Å². The second-order valence-electron chi connectivity index (χ2n) is 4.78. The fourth-order valence-electron chi connectivity index (χ4n) is 2.27. The van der Waals surface area contributed by atoms with E-state index in [2.05, 4.69) is 20.3 Å². The Morgan fingerprint density at radius 2 is 2.21 bits per heavy atom. The fourth-order valence-corrected chi connectivity index (χ4v) is 2.27. The molecule has 1 aliphatic rings. The molecule has 0 spiro atoms. The van der Waals surface area contributed by atoms with Crippen LogP contribution in [0.5, 0.6) is 0 Å². The number of nitrogens with one attached hydrogen (secondary N) is 1. The quantitative estimate of drug-likeness (QED) is 0.881. The van der Waals surface area contributed by atoms with Gasteiger partial charge in [0.2, 0.25) is 5.95 Å². The SMILES string of the molecule is Cc1cccn2nc(NCCN3CCOCC3)nc12. The van der Waals surface area contributed by atoms with Crippen LogP contribution in [0.15, 0.2) is 18.3 Å². The summed E-state index contributed by atoms with van der Waals surface area (Å²) in [4.78, 5) is 6.88. The van der Waals surface area contributed by atoms with Crippen LogP contribution in [0.1, 0.15) is 5.56 Å². The van der Waals surface area contributed by atoms with Gasteiger partial charge >= 0.3 is 0 Å². The molecule has 6 heteroatoms. The molecule has 3 heterocycles. The van der Waals surface area contributed by atoms with Crippen molar-refractivity contribution in [1.29, 1.82) is 0 Å². The van der Waals surface area contributed by atoms with E-state index in [0.29, 0.717) is 5.95 Å². The molecule has 102 valence electrons. The lowest BCUT2D eigenvalue weighted by molar-refractivity contribution is 0.0398. The van der Waals surface area contributed by atoms with Crippen LogP contribution in [0.4, 0.5) is 5.95 Å². The first kappa shape index (κ1) is 12.4. The van der Waals surface area contributed by atoms with Crippen LogP contribution >= 0.6 is 0 Å². The van der Waals surface area contributed by atoms with Crippen LogP contribution < -0.4 is 5.32 Å². The Balaban J connectivity index is 1.57. The normalized spacial score (nSPS) is 16.9. The largest absolute Gasteiger partial charge is 0.379 e. The van der Waals surface area contributed by atoms with Crippen molar-refractivity contribution in [2.45, 2.75) is 6.92 Å². The zero-order valence-corrected chi connectivity index (χ0v) is 11.2. The molecule has 19 heavy (non-hydrogen) atoms. The summed E-state index contributed by atoms with van der Waals surface area (Å²) in [6.45, 7) is 7.60. The Labute approximate surface area is 112 Å². The minimum atomic E-state index is 0.697. The van der Waals surface area contributed by atoms with Gasteiger partial charge in [0.15, 0.2) is 5.65 Å². The van der Waals surface area contributed by atoms with Crippen molar-refractivity contribution in [3.05, 3.63) is 23.9 Å². The summed E-state index contributed by atoms with van der Waals surface area (Å²) in [5, 5.41) is 7.69. The molecule has 1 saturated heterocycles. The zero-order valence-electron chi connectivity index (χ0n) is 11.2. The summed E-state index contributed by atoms with van der Waals surface area (Å²) in [6, 6.07) is 4.02. The number of ether oxygens (including phenoxy) is 1. The predicted molar refractivity (Wildman–Crippen MR) is 73.5 cm³/mol. The van der Waals surface area contributed by atoms with Gasteiger partial charge < -0.3 is 10.1 Å². The summed E-state index contributed by atoms with van der Waals surface area (Å²) in [5.74, 6) is 0.697. The third-order valence-corrected chi connectivity index (χ3v) is 3.37. The third kappa shape index (κ3) is 2.85. The second-order valence-corrected chi connectivity index (χ2v) is 4.78. The Morgan fingerprint density at radius 1 is 1.37 bits per heavy atom. The highest BCUT2D eigenvalue weighted by Crippen LogP contribution is 2.09. The Bertz CT molecular complexity index is 547. The van der Waals surface area contributed by atoms with Gasteiger partial charge in [0.05, 0.1) is 13.2 Å². The molecule has 2 aromatic heterocycles. The van der Waals surface area contributed by atoms with Crippen molar-refractivity contribution < 1.29 is 4.74 Å². The number of aryl methyl sites for hydroxylation is 1. The van der Waals surface area contributed by atoms with Gasteiger partial charge in [0, 0.05) is 32.4 Å². The van der Waals surface area contributed by atoms with Crippen molar-refractivity contribution in [2.75, 3.05) is 44.7 Å². The molecule has 3 rings (SSSR count). The minimum Gasteiger partial charge on any atom is -0.379 e. The number of morpholine rings is 1. The third-order valence-electron chi connectivity index (χ3n) is 3.37. The Kier molecular flexibility index (Phi) is 3.61. The Morgan fingerprint density at radius 3 is 3.00 bits per heavy atom. The second kappa shape index (κ2) is 5.54. The average Bonchev–Trinajstić information content (AvgIpc) is 2.84. The lowest BCUT2D eigenvalue weighted by atomic mass is 10.3. The zero-order chi connectivity index (χ0) is 13.1. The topological polar surface area (TPSA) is 54.7 Å². The highest BCUT2D eigenvalue weighted by atomic mass is 16.5. The first-order valence-corrected chi connectivity index (χ1v) is 6.69. The molecule has 0 saturated carbocycles. The molecular weight excluding hydrogens is 242 g/mol. The van der Waals surface area contributed by atoms with E-state index >= 15 is 0 Å². The van der Waals surface area contributed by atoms with Gasteiger partial charge in [-0.25, -0.2) is 4.52 Å². The number of nitrogens with zero attached hydrogens (tertiary/aromatic N) is 4. The van der Waals surface area contributed by atoms with E-state index in [9.17, 15) is 0 Å². The Hall–Kier alpha value is -1.66. The smallest absolute Gasteiger partial charge is 0.243 e. The van der Waals surface area contributed by atoms with E-state index in [0.717, 1.165) is 50.6 Å². The molecule has 0 radical (unpaired) electrons. The van der Waals surface area contributed by atoms with Crippen molar-refractivity contribution in [3.63, 3.8) is 0 Å². The number of rotatable bonds is 4. The number of pyridine rings is 1. The number of hydrogen-bond acceptors (Lipinski definition) is 5. The van der Waals surface area contributed by atoms with Gasteiger partial charge in [-0.2, -0.15) is 4.98 Å². The molecular formula is C13H19N5O. The van der Waals surface area contributed by atoms with Gasteiger partial charge in [-0.3, -0.25) is 4.90 Å². The van der Waals surface area contributed by atoms with E-state index in [1.54, 1.807) is 0 Å². The summed E-state index contributed by atoms with van der Waals surface area (Å²) in [6.07, 6.45) is 1.92. The maximum absolute atomic E-state index is 5.33. The fraction of sp³-hybridized carbons (Fsp3) is 0.538. The van der Waals surface area contributed by atoms with Crippen LogP contribution in [-0.4, -0.2) is 58.9 Å². The number of hydrogen-bond donors (Lipinski definition) is 1. The van der Waals surface area contributed by atoms with Gasteiger partial charge in [0.1, 0.15) is 0 Å². The van der Waals surface area contributed by atoms with Crippen LogP contribution in [-0.2, 0) is 4.74 Å². The van der Waals surface area contributed by atoms with E-state index in [-0.39, 0.29) is 0 Å². The lowest BCUT2D eigenvalue weighted by Gasteiger charge is -2.26. The van der Waals surface area contributed by atoms with Crippen molar-refractivity contribution in [1.82, 2.24) is 19.5 Å². The van der Waals surface area contributed by atoms with Gasteiger partial charge in [-0.1, -0.05) is 6.07 Å². The molecule has 1 aliphatic heterocycles. The van der Waals surface area contributed by atoms with E-state index in [1.165, 1.54) is 0 Å². The van der Waals surface area contributed by atoms with Crippen molar-refractivity contribution >= 4 is 11.6 Å². The molecule has 2 aromatic rings. The summed E-state index contributed by atoms with van der Waals surface area (Å²) in [5.41, 5.74) is 2.05. The molecule has 1 N–H and O–H groups in total. The molecule has 0 aromatic carbocycles. The average molecular weight is 261 g/mol. The van der Waals surface area contributed by atoms with E-state index in [1.807, 2.05) is 29.8 Å². The maximum atomic E-state index is 5.33. The van der Waals surface area contributed by atoms with Gasteiger partial charge in [0.25, 0.3) is 0 Å². The molecule has 0 amide bonds.